The number of imidazole rings is 1. The summed E-state index contributed by atoms with van der Waals surface area (Å²) in [5.74, 6) is -2.40. The van der Waals surface area contributed by atoms with Crippen molar-refractivity contribution >= 4 is 23.1 Å². The van der Waals surface area contributed by atoms with Crippen LogP contribution in [0.15, 0.2) is 30.0 Å². The lowest BCUT2D eigenvalue weighted by molar-refractivity contribution is -0.192. The maximum atomic E-state index is 12.9. The standard InChI is InChI=1S/C26H33N5O.C2HF3O2/c1-17-8-7-9-21(18(17)2)22-14-19(26(3,4)31-12-5-6-13-31)10-11-23(22)30-25(32)24-28-16-20(15-27)29-24;3-2(4,5)1(6)7/h10-11,14,16-17H,5-9,12-13H2,1-4H3,(H,28,29)(H,30,32);(H,6,7). The Bertz CT molecular complexity index is 1280. The number of hydrogen-bond donors (Lipinski definition) is 3. The highest BCUT2D eigenvalue weighted by Crippen LogP contribution is 2.41. The highest BCUT2D eigenvalue weighted by Gasteiger charge is 2.38. The fourth-order valence-electron chi connectivity index (χ4n) is 5.06. The quantitative estimate of drug-likeness (QED) is 0.418. The highest BCUT2D eigenvalue weighted by molar-refractivity contribution is 6.03. The summed E-state index contributed by atoms with van der Waals surface area (Å²) in [6.07, 6.45) is 2.18. The first-order valence-corrected chi connectivity index (χ1v) is 12.9. The number of nitriles is 1. The summed E-state index contributed by atoms with van der Waals surface area (Å²) in [5, 5.41) is 19.2. The third-order valence-electron chi connectivity index (χ3n) is 7.63. The summed E-state index contributed by atoms with van der Waals surface area (Å²) in [4.78, 5) is 31.1. The second-order valence-electron chi connectivity index (χ2n) is 10.5. The van der Waals surface area contributed by atoms with Crippen LogP contribution in [-0.2, 0) is 10.3 Å². The van der Waals surface area contributed by atoms with Crippen LogP contribution in [0.1, 0.15) is 87.2 Å². The lowest BCUT2D eigenvalue weighted by Crippen LogP contribution is -2.39. The first-order chi connectivity index (χ1) is 18.3. The van der Waals surface area contributed by atoms with Crippen molar-refractivity contribution in [1.82, 2.24) is 14.9 Å². The van der Waals surface area contributed by atoms with E-state index in [-0.39, 0.29) is 23.0 Å². The average Bonchev–Trinajstić information content (AvgIpc) is 3.59. The van der Waals surface area contributed by atoms with E-state index in [0.717, 1.165) is 37.2 Å². The number of carboxylic acids is 1. The number of alkyl halides is 3. The Morgan fingerprint density at radius 3 is 2.41 bits per heavy atom. The van der Waals surface area contributed by atoms with Crippen LogP contribution in [0.25, 0.3) is 5.57 Å². The zero-order valence-electron chi connectivity index (χ0n) is 22.6. The predicted molar refractivity (Wildman–Crippen MR) is 141 cm³/mol. The Balaban J connectivity index is 0.000000532. The summed E-state index contributed by atoms with van der Waals surface area (Å²) >= 11 is 0. The molecule has 3 N–H and O–H groups in total. The summed E-state index contributed by atoms with van der Waals surface area (Å²) in [6, 6.07) is 8.44. The van der Waals surface area contributed by atoms with Gasteiger partial charge in [-0.25, -0.2) is 9.78 Å². The van der Waals surface area contributed by atoms with Crippen molar-refractivity contribution in [3.05, 3.63) is 52.6 Å². The number of anilines is 1. The van der Waals surface area contributed by atoms with E-state index in [2.05, 4.69) is 60.0 Å². The number of H-pyrrole nitrogens is 1. The largest absolute Gasteiger partial charge is 0.490 e. The molecular formula is C28H34F3N5O3. The molecular weight excluding hydrogens is 511 g/mol. The number of carboxylic acid groups (broad SMARTS) is 1. The van der Waals surface area contributed by atoms with Crippen LogP contribution in [0.4, 0.5) is 18.9 Å². The number of hydrogen-bond acceptors (Lipinski definition) is 5. The van der Waals surface area contributed by atoms with Crippen molar-refractivity contribution < 1.29 is 27.9 Å². The van der Waals surface area contributed by atoms with Gasteiger partial charge >= 0.3 is 12.1 Å². The second kappa shape index (κ2) is 12.0. The molecule has 0 radical (unpaired) electrons. The number of aliphatic carboxylic acids is 1. The number of aromatic amines is 1. The zero-order chi connectivity index (χ0) is 29.0. The van der Waals surface area contributed by atoms with Crippen LogP contribution < -0.4 is 5.32 Å². The molecule has 1 aromatic heterocycles. The molecule has 1 aliphatic carbocycles. The summed E-state index contributed by atoms with van der Waals surface area (Å²) < 4.78 is 31.7. The van der Waals surface area contributed by atoms with E-state index in [9.17, 15) is 18.0 Å². The van der Waals surface area contributed by atoms with Gasteiger partial charge in [-0.2, -0.15) is 18.4 Å². The van der Waals surface area contributed by atoms with Crippen LogP contribution in [-0.4, -0.2) is 51.1 Å². The van der Waals surface area contributed by atoms with Crippen molar-refractivity contribution in [3.8, 4) is 6.07 Å². The van der Waals surface area contributed by atoms with Gasteiger partial charge in [-0.3, -0.25) is 9.69 Å². The first kappa shape index (κ1) is 29.9. The van der Waals surface area contributed by atoms with Crippen LogP contribution in [0, 0.1) is 17.2 Å². The Labute approximate surface area is 225 Å². The second-order valence-corrected chi connectivity index (χ2v) is 10.5. The minimum Gasteiger partial charge on any atom is -0.475 e. The molecule has 0 saturated carbocycles. The van der Waals surface area contributed by atoms with E-state index >= 15 is 0 Å². The predicted octanol–water partition coefficient (Wildman–Crippen LogP) is 6.09. The van der Waals surface area contributed by atoms with E-state index in [1.54, 1.807) is 0 Å². The summed E-state index contributed by atoms with van der Waals surface area (Å²) in [5.41, 5.74) is 6.15. The number of nitrogens with one attached hydrogen (secondary N) is 2. The topological polar surface area (TPSA) is 122 Å². The molecule has 1 atom stereocenters. The molecule has 4 rings (SSSR count). The fourth-order valence-corrected chi connectivity index (χ4v) is 5.06. The average molecular weight is 546 g/mol. The lowest BCUT2D eigenvalue weighted by Gasteiger charge is -2.37. The summed E-state index contributed by atoms with van der Waals surface area (Å²) in [6.45, 7) is 11.4. The van der Waals surface area contributed by atoms with E-state index in [1.165, 1.54) is 42.2 Å². The molecule has 0 bridgehead atoms. The Morgan fingerprint density at radius 1 is 1.21 bits per heavy atom. The number of nitrogens with zero attached hydrogens (tertiary/aromatic N) is 3. The van der Waals surface area contributed by atoms with E-state index in [4.69, 9.17) is 15.2 Å². The third-order valence-corrected chi connectivity index (χ3v) is 7.63. The molecule has 1 aliphatic heterocycles. The molecule has 11 heteroatoms. The zero-order valence-corrected chi connectivity index (χ0v) is 22.6. The van der Waals surface area contributed by atoms with Crippen LogP contribution in [0.3, 0.4) is 0 Å². The van der Waals surface area contributed by atoms with Gasteiger partial charge < -0.3 is 15.4 Å². The van der Waals surface area contributed by atoms with Crippen molar-refractivity contribution in [2.45, 2.75) is 71.5 Å². The molecule has 1 saturated heterocycles. The number of rotatable bonds is 5. The van der Waals surface area contributed by atoms with Gasteiger partial charge in [0, 0.05) is 16.8 Å². The van der Waals surface area contributed by atoms with Gasteiger partial charge in [0.25, 0.3) is 5.91 Å². The molecule has 0 spiro atoms. The molecule has 1 unspecified atom stereocenters. The van der Waals surface area contributed by atoms with Gasteiger partial charge in [0.05, 0.1) is 6.20 Å². The molecule has 8 nitrogen and oxygen atoms in total. The van der Waals surface area contributed by atoms with Crippen molar-refractivity contribution in [2.24, 2.45) is 5.92 Å². The number of carbonyl (C=O) groups excluding carboxylic acids is 1. The molecule has 2 aliphatic rings. The van der Waals surface area contributed by atoms with Gasteiger partial charge in [0.15, 0.2) is 5.82 Å². The number of allylic oxidation sites excluding steroid dienone is 2. The molecule has 1 aromatic carbocycles. The van der Waals surface area contributed by atoms with Crippen molar-refractivity contribution in [3.63, 3.8) is 0 Å². The molecule has 1 fully saturated rings. The number of benzene rings is 1. The third kappa shape index (κ3) is 7.06. The maximum Gasteiger partial charge on any atom is 0.490 e. The van der Waals surface area contributed by atoms with Gasteiger partial charge in [0.1, 0.15) is 11.8 Å². The Kier molecular flexibility index (Phi) is 9.22. The van der Waals surface area contributed by atoms with Crippen LogP contribution in [0.5, 0.6) is 0 Å². The minimum atomic E-state index is -5.08. The van der Waals surface area contributed by atoms with Gasteiger partial charge in [-0.15, -0.1) is 0 Å². The van der Waals surface area contributed by atoms with E-state index in [1.807, 2.05) is 12.1 Å². The smallest absolute Gasteiger partial charge is 0.475 e. The molecule has 2 heterocycles. The Hall–Kier alpha value is -3.65. The minimum absolute atomic E-state index is 0.0642. The SMILES string of the molecule is CC1=C(c2cc(C(C)(C)N3CCCC3)ccc2NC(=O)c2ncc(C#N)[nH]2)CCCC1C.O=C(O)C(F)(F)F. The van der Waals surface area contributed by atoms with Crippen molar-refractivity contribution in [2.75, 3.05) is 18.4 Å². The van der Waals surface area contributed by atoms with Gasteiger partial charge in [-0.1, -0.05) is 18.6 Å². The normalized spacial score (nSPS) is 18.3. The number of halogens is 3. The fraction of sp³-hybridized carbons (Fsp3) is 0.500. The number of aromatic nitrogens is 2. The first-order valence-electron chi connectivity index (χ1n) is 12.9. The Morgan fingerprint density at radius 2 is 1.85 bits per heavy atom. The highest BCUT2D eigenvalue weighted by atomic mass is 19.4. The molecule has 39 heavy (non-hydrogen) atoms. The van der Waals surface area contributed by atoms with Crippen molar-refractivity contribution in [1.29, 1.82) is 5.26 Å². The maximum absolute atomic E-state index is 12.9. The molecule has 2 aromatic rings. The number of carbonyl (C=O) groups is 2. The number of likely N-dealkylation sites (tertiary alicyclic amines) is 1. The number of amides is 1. The van der Waals surface area contributed by atoms with Crippen LogP contribution >= 0.6 is 0 Å². The van der Waals surface area contributed by atoms with E-state index in [0.29, 0.717) is 5.92 Å². The van der Waals surface area contributed by atoms with Gasteiger partial charge in [0.2, 0.25) is 0 Å². The summed E-state index contributed by atoms with van der Waals surface area (Å²) in [7, 11) is 0. The van der Waals surface area contributed by atoms with Gasteiger partial charge in [-0.05, 0) is 95.2 Å². The monoisotopic (exact) mass is 545 g/mol. The molecule has 210 valence electrons. The molecule has 1 amide bonds. The van der Waals surface area contributed by atoms with E-state index < -0.39 is 12.1 Å². The lowest BCUT2D eigenvalue weighted by atomic mass is 9.80. The van der Waals surface area contributed by atoms with Crippen LogP contribution in [0.2, 0.25) is 0 Å².